The number of ether oxygens (including phenoxy) is 1. The lowest BCUT2D eigenvalue weighted by molar-refractivity contribution is -0.274. The van der Waals surface area contributed by atoms with Crippen LogP contribution in [0.25, 0.3) is 6.08 Å². The maximum Gasteiger partial charge on any atom is 0.573 e. The Morgan fingerprint density at radius 3 is 2.24 bits per heavy atom. The largest absolute Gasteiger partial charge is 0.573 e. The summed E-state index contributed by atoms with van der Waals surface area (Å²) in [5, 5.41) is 8.33. The minimum atomic E-state index is -5.04. The quantitative estimate of drug-likeness (QED) is 0.445. The van der Waals surface area contributed by atoms with Gasteiger partial charge in [-0.15, -0.1) is 13.2 Å². The normalized spacial score (nSPS) is 13.5. The molecule has 0 spiro atoms. The van der Waals surface area contributed by atoms with Gasteiger partial charge in [-0.25, -0.2) is 4.79 Å². The monoisotopic (exact) mass is 502 g/mol. The molecular formula is C18H10BrClF6O3. The fraction of sp³-hybridized carbons (Fsp3) is 0.167. The first kappa shape index (κ1) is 23.1. The lowest BCUT2D eigenvalue weighted by Crippen LogP contribution is -2.20. The number of carbonyl (C=O) groups is 1. The Labute approximate surface area is 173 Å². The molecule has 0 radical (unpaired) electrons. The SMILES string of the molecule is O=C(O)c1ccc(C=CC(c2ccc(OC(F)(F)F)c(Cl)c2)C(F)(F)F)cc1Br. The number of hydrogen-bond acceptors (Lipinski definition) is 2. The first-order valence-corrected chi connectivity index (χ1v) is 8.78. The van der Waals surface area contributed by atoms with Gasteiger partial charge in [-0.3, -0.25) is 0 Å². The molecule has 0 fully saturated rings. The number of carboxylic acid groups (broad SMARTS) is 1. The highest BCUT2D eigenvalue weighted by Crippen LogP contribution is 2.40. The minimum absolute atomic E-state index is 0.0680. The Morgan fingerprint density at radius 1 is 1.10 bits per heavy atom. The molecule has 3 nitrogen and oxygen atoms in total. The average Bonchev–Trinajstić information content (AvgIpc) is 2.55. The van der Waals surface area contributed by atoms with Crippen LogP contribution in [0.2, 0.25) is 5.02 Å². The molecule has 156 valence electrons. The van der Waals surface area contributed by atoms with Gasteiger partial charge < -0.3 is 9.84 Å². The highest BCUT2D eigenvalue weighted by molar-refractivity contribution is 9.10. The number of hydrogen-bond donors (Lipinski definition) is 1. The Bertz CT molecular complexity index is 940. The van der Waals surface area contributed by atoms with Crippen molar-refractivity contribution in [1.29, 1.82) is 0 Å². The van der Waals surface area contributed by atoms with Crippen LogP contribution in [0.15, 0.2) is 46.9 Å². The molecule has 0 heterocycles. The fourth-order valence-corrected chi connectivity index (χ4v) is 3.14. The number of alkyl halides is 6. The third-order valence-electron chi connectivity index (χ3n) is 3.60. The molecule has 0 bridgehead atoms. The number of aromatic carboxylic acids is 1. The van der Waals surface area contributed by atoms with Crippen molar-refractivity contribution < 1.29 is 41.0 Å². The van der Waals surface area contributed by atoms with Crippen molar-refractivity contribution in [3.8, 4) is 5.75 Å². The topological polar surface area (TPSA) is 46.5 Å². The fourth-order valence-electron chi connectivity index (χ4n) is 2.34. The zero-order valence-corrected chi connectivity index (χ0v) is 16.3. The van der Waals surface area contributed by atoms with E-state index in [1.807, 2.05) is 0 Å². The molecular weight excluding hydrogens is 494 g/mol. The van der Waals surface area contributed by atoms with Crippen molar-refractivity contribution >= 4 is 39.6 Å². The van der Waals surface area contributed by atoms with E-state index in [4.69, 9.17) is 16.7 Å². The zero-order chi connectivity index (χ0) is 22.0. The molecule has 11 heteroatoms. The van der Waals surface area contributed by atoms with E-state index in [0.717, 1.165) is 24.3 Å². The predicted molar refractivity (Wildman–Crippen MR) is 97.1 cm³/mol. The second-order valence-electron chi connectivity index (χ2n) is 5.66. The molecule has 0 aromatic heterocycles. The number of benzene rings is 2. The predicted octanol–water partition coefficient (Wildman–Crippen LogP) is 7.06. The second kappa shape index (κ2) is 8.66. The van der Waals surface area contributed by atoms with E-state index >= 15 is 0 Å². The number of rotatable bonds is 5. The van der Waals surface area contributed by atoms with Crippen molar-refractivity contribution in [1.82, 2.24) is 0 Å². The van der Waals surface area contributed by atoms with Crippen LogP contribution in [0.1, 0.15) is 27.4 Å². The van der Waals surface area contributed by atoms with E-state index in [9.17, 15) is 31.1 Å². The summed E-state index contributed by atoms with van der Waals surface area (Å²) in [4.78, 5) is 11.0. The summed E-state index contributed by atoms with van der Waals surface area (Å²) < 4.78 is 81.1. The van der Waals surface area contributed by atoms with Crippen LogP contribution in [0.4, 0.5) is 26.3 Å². The average molecular weight is 504 g/mol. The lowest BCUT2D eigenvalue weighted by Gasteiger charge is -2.19. The first-order valence-electron chi connectivity index (χ1n) is 7.61. The van der Waals surface area contributed by atoms with Crippen LogP contribution < -0.4 is 4.74 Å². The number of halogens is 8. The molecule has 0 aliphatic heterocycles. The first-order chi connectivity index (χ1) is 13.3. The molecule has 1 atom stereocenters. The van der Waals surface area contributed by atoms with Crippen LogP contribution in [-0.4, -0.2) is 23.6 Å². The van der Waals surface area contributed by atoms with Crippen LogP contribution in [-0.2, 0) is 0 Å². The second-order valence-corrected chi connectivity index (χ2v) is 6.92. The third-order valence-corrected chi connectivity index (χ3v) is 4.55. The van der Waals surface area contributed by atoms with Crippen molar-refractivity contribution in [2.45, 2.75) is 18.5 Å². The molecule has 2 aromatic carbocycles. The van der Waals surface area contributed by atoms with Crippen LogP contribution in [0, 0.1) is 0 Å². The van der Waals surface area contributed by atoms with Gasteiger partial charge in [0, 0.05) is 4.47 Å². The maximum absolute atomic E-state index is 13.5. The maximum atomic E-state index is 13.5. The van der Waals surface area contributed by atoms with Gasteiger partial charge in [0.1, 0.15) is 5.75 Å². The van der Waals surface area contributed by atoms with Crippen LogP contribution >= 0.6 is 27.5 Å². The van der Waals surface area contributed by atoms with E-state index in [-0.39, 0.29) is 15.6 Å². The standard InChI is InChI=1S/C18H10BrClF6O3/c19-13-7-9(1-4-11(13)16(27)28)2-5-12(17(21,22)23)10-3-6-15(14(20)8-10)29-18(24,25)26/h1-8,12H,(H,27,28). The molecule has 0 amide bonds. The number of carboxylic acids is 1. The van der Waals surface area contributed by atoms with E-state index in [2.05, 4.69) is 20.7 Å². The molecule has 1 unspecified atom stereocenters. The van der Waals surface area contributed by atoms with Gasteiger partial charge in [-0.1, -0.05) is 35.9 Å². The third kappa shape index (κ3) is 6.40. The summed E-state index contributed by atoms with van der Waals surface area (Å²) in [6.07, 6.45) is -7.89. The summed E-state index contributed by atoms with van der Waals surface area (Å²) in [5.41, 5.74) is -0.185. The van der Waals surface area contributed by atoms with Crippen molar-refractivity contribution in [3.63, 3.8) is 0 Å². The Hall–Kier alpha value is -2.20. The molecule has 0 saturated carbocycles. The van der Waals surface area contributed by atoms with Gasteiger partial charge in [0.15, 0.2) is 0 Å². The van der Waals surface area contributed by atoms with Gasteiger partial charge in [-0.05, 0) is 51.3 Å². The van der Waals surface area contributed by atoms with Gasteiger partial charge in [0.25, 0.3) is 0 Å². The molecule has 2 aromatic rings. The highest BCUT2D eigenvalue weighted by Gasteiger charge is 2.39. The molecule has 0 saturated heterocycles. The number of allylic oxidation sites excluding steroid dienone is 1. The Morgan fingerprint density at radius 2 is 1.76 bits per heavy atom. The van der Waals surface area contributed by atoms with Crippen molar-refractivity contribution in [2.75, 3.05) is 0 Å². The molecule has 1 N–H and O–H groups in total. The van der Waals surface area contributed by atoms with E-state index in [1.54, 1.807) is 0 Å². The summed E-state index contributed by atoms with van der Waals surface area (Å²) >= 11 is 8.66. The Balaban J connectivity index is 2.36. The smallest absolute Gasteiger partial charge is 0.478 e. The highest BCUT2D eigenvalue weighted by atomic mass is 79.9. The molecule has 29 heavy (non-hydrogen) atoms. The van der Waals surface area contributed by atoms with E-state index in [0.29, 0.717) is 6.07 Å². The molecule has 0 aliphatic carbocycles. The van der Waals surface area contributed by atoms with Crippen LogP contribution in [0.5, 0.6) is 5.75 Å². The Kier molecular flexibility index (Phi) is 6.89. The summed E-state index contributed by atoms with van der Waals surface area (Å²) in [6.45, 7) is 0. The van der Waals surface area contributed by atoms with Gasteiger partial charge in [0.05, 0.1) is 16.5 Å². The lowest BCUT2D eigenvalue weighted by atomic mass is 9.96. The minimum Gasteiger partial charge on any atom is -0.478 e. The van der Waals surface area contributed by atoms with Gasteiger partial charge in [0.2, 0.25) is 0 Å². The zero-order valence-electron chi connectivity index (χ0n) is 14.0. The molecule has 2 rings (SSSR count). The van der Waals surface area contributed by atoms with Crippen molar-refractivity contribution in [3.05, 3.63) is 68.7 Å². The van der Waals surface area contributed by atoms with Gasteiger partial charge >= 0.3 is 18.5 Å². The van der Waals surface area contributed by atoms with Gasteiger partial charge in [-0.2, -0.15) is 13.2 Å². The van der Waals surface area contributed by atoms with Crippen LogP contribution in [0.3, 0.4) is 0 Å². The molecule has 0 aliphatic rings. The van der Waals surface area contributed by atoms with E-state index in [1.165, 1.54) is 18.2 Å². The summed E-state index contributed by atoms with van der Waals surface area (Å²) in [6, 6.07) is 6.13. The summed E-state index contributed by atoms with van der Waals surface area (Å²) in [5.74, 6) is -4.20. The van der Waals surface area contributed by atoms with Crippen molar-refractivity contribution in [2.24, 2.45) is 0 Å². The van der Waals surface area contributed by atoms with E-state index < -0.39 is 40.8 Å². The summed E-state index contributed by atoms with van der Waals surface area (Å²) in [7, 11) is 0.